The highest BCUT2D eigenvalue weighted by molar-refractivity contribution is 4.97. The fourth-order valence-corrected chi connectivity index (χ4v) is 4.09. The predicted molar refractivity (Wildman–Crippen MR) is 107 cm³/mol. The molecule has 14 heteroatoms. The number of aromatic nitrogens is 3. The van der Waals surface area contributed by atoms with Crippen molar-refractivity contribution in [1.29, 1.82) is 0 Å². The number of nitrogens with zero attached hydrogens (tertiary/aromatic N) is 3. The molecule has 33 heavy (non-hydrogen) atoms. The summed E-state index contributed by atoms with van der Waals surface area (Å²) >= 11 is 0. The SMILES string of the molecule is COC[C@H]1O[C@@H](n2cc(CO[C@@H]3O[C@H](CO)[C@@H](O)[C@H](O)[C@H]3O)nn2)[C@H](OC)[C@@H](OC)[C@@H]1OC. The maximum Gasteiger partial charge on any atom is 0.187 e. The zero-order valence-corrected chi connectivity index (χ0v) is 19.0. The van der Waals surface area contributed by atoms with E-state index in [1.165, 1.54) is 11.8 Å². The third-order valence-corrected chi connectivity index (χ3v) is 5.82. The molecule has 1 aromatic heterocycles. The van der Waals surface area contributed by atoms with E-state index in [1.54, 1.807) is 27.5 Å². The van der Waals surface area contributed by atoms with Gasteiger partial charge >= 0.3 is 0 Å². The summed E-state index contributed by atoms with van der Waals surface area (Å²) in [5.74, 6) is 0. The van der Waals surface area contributed by atoms with Gasteiger partial charge in [-0.2, -0.15) is 0 Å². The summed E-state index contributed by atoms with van der Waals surface area (Å²) in [5, 5.41) is 47.3. The van der Waals surface area contributed by atoms with E-state index >= 15 is 0 Å². The van der Waals surface area contributed by atoms with E-state index in [0.29, 0.717) is 5.69 Å². The molecule has 2 fully saturated rings. The Morgan fingerprint density at radius 2 is 1.61 bits per heavy atom. The van der Waals surface area contributed by atoms with E-state index in [4.69, 9.17) is 33.2 Å². The first kappa shape index (κ1) is 26.3. The molecule has 0 radical (unpaired) electrons. The first-order valence-electron chi connectivity index (χ1n) is 10.5. The average Bonchev–Trinajstić information content (AvgIpc) is 3.30. The Morgan fingerprint density at radius 1 is 0.909 bits per heavy atom. The van der Waals surface area contributed by atoms with Gasteiger partial charge in [0.1, 0.15) is 54.5 Å². The van der Waals surface area contributed by atoms with E-state index in [-0.39, 0.29) is 13.2 Å². The van der Waals surface area contributed by atoms with Crippen molar-refractivity contribution in [2.45, 2.75) is 68.0 Å². The minimum atomic E-state index is -1.54. The minimum absolute atomic E-state index is 0.136. The molecule has 0 amide bonds. The molecule has 1 aromatic rings. The standard InChI is InChI=1S/C19H33N3O11/c1-27-8-11-15(28-2)16(29-3)17(30-4)18(32-11)22-5-9(20-21-22)7-31-19-14(26)13(25)12(24)10(6-23)33-19/h5,10-19,23-26H,6-8H2,1-4H3/t10-,11-,12-,13+,14-,15-,16+,17-,18-,19-/m1/s1. The molecule has 0 spiro atoms. The van der Waals surface area contributed by atoms with Crippen molar-refractivity contribution in [3.8, 4) is 0 Å². The molecule has 0 saturated carbocycles. The van der Waals surface area contributed by atoms with Crippen LogP contribution >= 0.6 is 0 Å². The van der Waals surface area contributed by atoms with Gasteiger partial charge in [-0.1, -0.05) is 5.21 Å². The van der Waals surface area contributed by atoms with Crippen LogP contribution in [-0.2, 0) is 39.8 Å². The van der Waals surface area contributed by atoms with E-state index in [0.717, 1.165) is 0 Å². The molecule has 10 atom stereocenters. The normalized spacial score (nSPS) is 39.6. The summed E-state index contributed by atoms with van der Waals surface area (Å²) in [6.45, 7) is -0.430. The van der Waals surface area contributed by atoms with Gasteiger partial charge in [0.15, 0.2) is 12.5 Å². The van der Waals surface area contributed by atoms with E-state index in [9.17, 15) is 20.4 Å². The maximum absolute atomic E-state index is 10.1. The molecular weight excluding hydrogens is 446 g/mol. The van der Waals surface area contributed by atoms with Gasteiger partial charge in [-0.25, -0.2) is 4.68 Å². The molecule has 0 aliphatic carbocycles. The largest absolute Gasteiger partial charge is 0.394 e. The molecule has 3 heterocycles. The summed E-state index contributed by atoms with van der Waals surface area (Å²) in [7, 11) is 6.19. The first-order valence-corrected chi connectivity index (χ1v) is 10.5. The molecule has 2 aliphatic rings. The number of hydrogen-bond donors (Lipinski definition) is 4. The van der Waals surface area contributed by atoms with E-state index < -0.39 is 68.0 Å². The lowest BCUT2D eigenvalue weighted by molar-refractivity contribution is -0.304. The van der Waals surface area contributed by atoms with E-state index in [2.05, 4.69) is 10.3 Å². The van der Waals surface area contributed by atoms with Crippen LogP contribution in [0.2, 0.25) is 0 Å². The lowest BCUT2D eigenvalue weighted by Gasteiger charge is -2.44. The topological polar surface area (TPSA) is 176 Å². The third-order valence-electron chi connectivity index (χ3n) is 5.82. The van der Waals surface area contributed by atoms with Crippen LogP contribution in [0.15, 0.2) is 6.20 Å². The van der Waals surface area contributed by atoms with Gasteiger partial charge in [0.2, 0.25) is 0 Å². The number of aliphatic hydroxyl groups excluding tert-OH is 4. The fraction of sp³-hybridized carbons (Fsp3) is 0.895. The summed E-state index contributed by atoms with van der Waals surface area (Å²) in [6, 6.07) is 0. The van der Waals surface area contributed by atoms with Crippen molar-refractivity contribution in [1.82, 2.24) is 15.0 Å². The quantitative estimate of drug-likeness (QED) is 0.271. The second kappa shape index (κ2) is 11.9. The molecule has 14 nitrogen and oxygen atoms in total. The molecule has 2 saturated heterocycles. The van der Waals surface area contributed by atoms with Gasteiger partial charge in [0, 0.05) is 28.4 Å². The number of hydrogen-bond acceptors (Lipinski definition) is 13. The van der Waals surface area contributed by atoms with Crippen molar-refractivity contribution in [2.24, 2.45) is 0 Å². The third kappa shape index (κ3) is 5.52. The van der Waals surface area contributed by atoms with Crippen molar-refractivity contribution >= 4 is 0 Å². The second-order valence-electron chi connectivity index (χ2n) is 7.82. The van der Waals surface area contributed by atoms with Crippen LogP contribution in [0.5, 0.6) is 0 Å². The van der Waals surface area contributed by atoms with Crippen LogP contribution in [0, 0.1) is 0 Å². The van der Waals surface area contributed by atoms with Gasteiger partial charge in [-0.3, -0.25) is 0 Å². The molecule has 0 bridgehead atoms. The van der Waals surface area contributed by atoms with Crippen molar-refractivity contribution in [3.05, 3.63) is 11.9 Å². The number of ether oxygens (including phenoxy) is 7. The minimum Gasteiger partial charge on any atom is -0.394 e. The van der Waals surface area contributed by atoms with Gasteiger partial charge in [-0.15, -0.1) is 5.10 Å². The lowest BCUT2D eigenvalue weighted by atomic mass is 9.97. The molecule has 4 N–H and O–H groups in total. The zero-order valence-electron chi connectivity index (χ0n) is 19.0. The monoisotopic (exact) mass is 479 g/mol. The Balaban J connectivity index is 1.70. The molecule has 2 aliphatic heterocycles. The molecule has 0 aromatic carbocycles. The van der Waals surface area contributed by atoms with Crippen molar-refractivity contribution in [3.63, 3.8) is 0 Å². The van der Waals surface area contributed by atoms with Crippen LogP contribution in [0.3, 0.4) is 0 Å². The zero-order chi connectivity index (χ0) is 24.1. The van der Waals surface area contributed by atoms with Gasteiger partial charge in [-0.05, 0) is 0 Å². The molecule has 3 rings (SSSR count). The van der Waals surface area contributed by atoms with Crippen molar-refractivity contribution < 1.29 is 53.6 Å². The van der Waals surface area contributed by atoms with Gasteiger partial charge in [0.05, 0.1) is 26.0 Å². The number of methoxy groups -OCH3 is 4. The molecule has 0 unspecified atom stereocenters. The van der Waals surface area contributed by atoms with E-state index in [1.807, 2.05) is 0 Å². The second-order valence-corrected chi connectivity index (χ2v) is 7.82. The Bertz CT molecular complexity index is 723. The highest BCUT2D eigenvalue weighted by Gasteiger charge is 2.48. The Hall–Kier alpha value is -1.30. The van der Waals surface area contributed by atoms with Gasteiger partial charge < -0.3 is 53.6 Å². The van der Waals surface area contributed by atoms with Crippen LogP contribution in [-0.4, -0.2) is 132 Å². The lowest BCUT2D eigenvalue weighted by Crippen LogP contribution is -2.59. The summed E-state index contributed by atoms with van der Waals surface area (Å²) < 4.78 is 40.5. The Morgan fingerprint density at radius 3 is 2.21 bits per heavy atom. The van der Waals surface area contributed by atoms with Crippen LogP contribution in [0.1, 0.15) is 11.9 Å². The summed E-state index contributed by atoms with van der Waals surface area (Å²) in [4.78, 5) is 0. The number of rotatable bonds is 10. The first-order chi connectivity index (χ1) is 15.9. The van der Waals surface area contributed by atoms with Crippen LogP contribution in [0.25, 0.3) is 0 Å². The fourth-order valence-electron chi connectivity index (χ4n) is 4.09. The maximum atomic E-state index is 10.1. The predicted octanol–water partition coefficient (Wildman–Crippen LogP) is -2.82. The van der Waals surface area contributed by atoms with Crippen LogP contribution in [0.4, 0.5) is 0 Å². The highest BCUT2D eigenvalue weighted by atomic mass is 16.7. The Labute approximate surface area is 190 Å². The Kier molecular flexibility index (Phi) is 9.49. The average molecular weight is 479 g/mol. The summed E-state index contributed by atoms with van der Waals surface area (Å²) in [6.07, 6.45) is -7.95. The van der Waals surface area contributed by atoms with Crippen molar-refractivity contribution in [2.75, 3.05) is 41.7 Å². The summed E-state index contributed by atoms with van der Waals surface area (Å²) in [5.41, 5.74) is 0.372. The number of aliphatic hydroxyl groups is 4. The van der Waals surface area contributed by atoms with Gasteiger partial charge in [0.25, 0.3) is 0 Å². The van der Waals surface area contributed by atoms with Crippen LogP contribution < -0.4 is 0 Å². The molecular formula is C19H33N3O11. The smallest absolute Gasteiger partial charge is 0.187 e. The molecule has 190 valence electrons. The highest BCUT2D eigenvalue weighted by Crippen LogP contribution is 2.33.